The first-order chi connectivity index (χ1) is 8.92. The van der Waals surface area contributed by atoms with Crippen molar-refractivity contribution in [2.24, 2.45) is 0 Å². The lowest BCUT2D eigenvalue weighted by Gasteiger charge is -2.29. The van der Waals surface area contributed by atoms with E-state index < -0.39 is 11.6 Å². The monoisotopic (exact) mass is 258 g/mol. The Morgan fingerprint density at radius 3 is 2.68 bits per heavy atom. The highest BCUT2D eigenvalue weighted by atomic mass is 16.3. The average molecular weight is 258 g/mol. The molecule has 2 aromatic rings. The van der Waals surface area contributed by atoms with Crippen molar-refractivity contribution in [2.45, 2.75) is 32.4 Å². The van der Waals surface area contributed by atoms with Crippen LogP contribution < -0.4 is 5.32 Å². The first-order valence-corrected chi connectivity index (χ1v) is 6.26. The van der Waals surface area contributed by atoms with Gasteiger partial charge in [-0.05, 0) is 32.9 Å². The van der Waals surface area contributed by atoms with Gasteiger partial charge in [-0.3, -0.25) is 9.78 Å². The Bertz CT molecular complexity index is 601. The average Bonchev–Trinajstić information content (AvgIpc) is 2.37. The summed E-state index contributed by atoms with van der Waals surface area (Å²) < 4.78 is 0. The molecule has 2 N–H and O–H groups in total. The molecule has 1 aromatic carbocycles. The number of nitrogens with one attached hydrogen (secondary N) is 1. The van der Waals surface area contributed by atoms with Gasteiger partial charge in [-0.15, -0.1) is 0 Å². The molecule has 2 rings (SSSR count). The maximum Gasteiger partial charge on any atom is 0.252 e. The zero-order valence-corrected chi connectivity index (χ0v) is 11.3. The number of aliphatic hydroxyl groups is 1. The second kappa shape index (κ2) is 4.97. The number of rotatable bonds is 3. The summed E-state index contributed by atoms with van der Waals surface area (Å²) in [6.45, 7) is 5.24. The van der Waals surface area contributed by atoms with Crippen LogP contribution in [0.1, 0.15) is 31.1 Å². The number of fused-ring (bicyclic) bond motifs is 1. The Kier molecular flexibility index (Phi) is 3.53. The molecule has 0 bridgehead atoms. The number of amides is 1. The minimum absolute atomic E-state index is 0.204. The number of para-hydroxylation sites is 1. The molecule has 1 amide bonds. The van der Waals surface area contributed by atoms with Gasteiger partial charge in [0.2, 0.25) is 0 Å². The minimum atomic E-state index is -0.679. The zero-order valence-electron chi connectivity index (χ0n) is 11.3. The van der Waals surface area contributed by atoms with Crippen molar-refractivity contribution >= 4 is 16.8 Å². The van der Waals surface area contributed by atoms with Crippen LogP contribution in [0, 0.1) is 0 Å². The maximum absolute atomic E-state index is 12.3. The van der Waals surface area contributed by atoms with Crippen molar-refractivity contribution in [1.82, 2.24) is 10.3 Å². The summed E-state index contributed by atoms with van der Waals surface area (Å²) in [5.74, 6) is -0.204. The van der Waals surface area contributed by atoms with Crippen molar-refractivity contribution in [3.63, 3.8) is 0 Å². The largest absolute Gasteiger partial charge is 0.391 e. The standard InChI is InChI=1S/C15H18N2O2/c1-10(18)15(2,3)17-14(19)12-8-9-16-13-7-5-4-6-11(12)13/h4-10,18H,1-3H3,(H,17,19). The van der Waals surface area contributed by atoms with E-state index in [1.807, 2.05) is 24.3 Å². The van der Waals surface area contributed by atoms with Gasteiger partial charge in [0.25, 0.3) is 5.91 Å². The van der Waals surface area contributed by atoms with Gasteiger partial charge < -0.3 is 10.4 Å². The lowest BCUT2D eigenvalue weighted by molar-refractivity contribution is 0.0710. The third kappa shape index (κ3) is 2.74. The molecular formula is C15H18N2O2. The van der Waals surface area contributed by atoms with E-state index in [4.69, 9.17) is 0 Å². The number of hydrogen-bond acceptors (Lipinski definition) is 3. The van der Waals surface area contributed by atoms with E-state index >= 15 is 0 Å². The van der Waals surface area contributed by atoms with Gasteiger partial charge in [-0.2, -0.15) is 0 Å². The molecule has 0 spiro atoms. The Morgan fingerprint density at radius 1 is 1.32 bits per heavy atom. The molecule has 0 fully saturated rings. The molecule has 4 nitrogen and oxygen atoms in total. The molecule has 100 valence electrons. The van der Waals surface area contributed by atoms with Gasteiger partial charge in [-0.25, -0.2) is 0 Å². The fourth-order valence-corrected chi connectivity index (χ4v) is 1.76. The number of hydrogen-bond donors (Lipinski definition) is 2. The summed E-state index contributed by atoms with van der Waals surface area (Å²) in [6.07, 6.45) is 0.983. The number of pyridine rings is 1. The van der Waals surface area contributed by atoms with Crippen molar-refractivity contribution in [3.05, 3.63) is 42.1 Å². The molecule has 4 heteroatoms. The number of aliphatic hydroxyl groups excluding tert-OH is 1. The number of aromatic nitrogens is 1. The smallest absolute Gasteiger partial charge is 0.252 e. The summed E-state index contributed by atoms with van der Waals surface area (Å²) >= 11 is 0. The topological polar surface area (TPSA) is 62.2 Å². The fraction of sp³-hybridized carbons (Fsp3) is 0.333. The SMILES string of the molecule is CC(O)C(C)(C)NC(=O)c1ccnc2ccccc12. The predicted molar refractivity (Wildman–Crippen MR) is 75.0 cm³/mol. The van der Waals surface area contributed by atoms with Crippen molar-refractivity contribution in [2.75, 3.05) is 0 Å². The Hall–Kier alpha value is -1.94. The lowest BCUT2D eigenvalue weighted by Crippen LogP contribution is -2.51. The maximum atomic E-state index is 12.3. The zero-order chi connectivity index (χ0) is 14.0. The van der Waals surface area contributed by atoms with E-state index in [-0.39, 0.29) is 5.91 Å². The number of carbonyl (C=O) groups is 1. The molecule has 0 aliphatic rings. The van der Waals surface area contributed by atoms with Crippen LogP contribution in [0.2, 0.25) is 0 Å². The normalized spacial score (nSPS) is 13.3. The second-order valence-electron chi connectivity index (χ2n) is 5.23. The summed E-state index contributed by atoms with van der Waals surface area (Å²) in [5.41, 5.74) is 0.672. The summed E-state index contributed by atoms with van der Waals surface area (Å²) in [6, 6.07) is 9.19. The van der Waals surface area contributed by atoms with Crippen LogP contribution >= 0.6 is 0 Å². The molecule has 0 saturated carbocycles. The van der Waals surface area contributed by atoms with E-state index in [1.165, 1.54) is 0 Å². The van der Waals surface area contributed by atoms with Gasteiger partial charge in [0, 0.05) is 11.6 Å². The van der Waals surface area contributed by atoms with E-state index in [0.717, 1.165) is 10.9 Å². The van der Waals surface area contributed by atoms with E-state index in [0.29, 0.717) is 5.56 Å². The van der Waals surface area contributed by atoms with Gasteiger partial charge >= 0.3 is 0 Å². The molecule has 1 atom stereocenters. The van der Waals surface area contributed by atoms with E-state index in [1.54, 1.807) is 33.0 Å². The molecule has 0 aliphatic carbocycles. The van der Waals surface area contributed by atoms with Gasteiger partial charge in [0.15, 0.2) is 0 Å². The third-order valence-corrected chi connectivity index (χ3v) is 3.37. The highest BCUT2D eigenvalue weighted by Crippen LogP contribution is 2.17. The molecular weight excluding hydrogens is 240 g/mol. The molecule has 0 saturated heterocycles. The van der Waals surface area contributed by atoms with Crippen LogP contribution in [0.3, 0.4) is 0 Å². The molecule has 0 aliphatic heterocycles. The molecule has 1 unspecified atom stereocenters. The Labute approximate surface area is 112 Å². The fourth-order valence-electron chi connectivity index (χ4n) is 1.76. The van der Waals surface area contributed by atoms with Crippen molar-refractivity contribution in [3.8, 4) is 0 Å². The number of nitrogens with zero attached hydrogens (tertiary/aromatic N) is 1. The van der Waals surface area contributed by atoms with Gasteiger partial charge in [-0.1, -0.05) is 18.2 Å². The second-order valence-corrected chi connectivity index (χ2v) is 5.23. The van der Waals surface area contributed by atoms with Crippen LogP contribution in [0.25, 0.3) is 10.9 Å². The van der Waals surface area contributed by atoms with Gasteiger partial charge in [0.05, 0.1) is 22.7 Å². The summed E-state index contributed by atoms with van der Waals surface area (Å²) in [4.78, 5) is 16.6. The van der Waals surface area contributed by atoms with Crippen LogP contribution in [-0.2, 0) is 0 Å². The van der Waals surface area contributed by atoms with E-state index in [2.05, 4.69) is 10.3 Å². The third-order valence-electron chi connectivity index (χ3n) is 3.37. The lowest BCUT2D eigenvalue weighted by atomic mass is 9.97. The molecule has 1 aromatic heterocycles. The van der Waals surface area contributed by atoms with Crippen molar-refractivity contribution in [1.29, 1.82) is 0 Å². The van der Waals surface area contributed by atoms with Crippen LogP contribution in [0.15, 0.2) is 36.5 Å². The quantitative estimate of drug-likeness (QED) is 0.886. The summed E-state index contributed by atoms with van der Waals surface area (Å²) in [7, 11) is 0. The first kappa shape index (κ1) is 13.5. The van der Waals surface area contributed by atoms with Crippen molar-refractivity contribution < 1.29 is 9.90 Å². The molecule has 19 heavy (non-hydrogen) atoms. The molecule has 1 heterocycles. The minimum Gasteiger partial charge on any atom is -0.391 e. The van der Waals surface area contributed by atoms with E-state index in [9.17, 15) is 9.90 Å². The Morgan fingerprint density at radius 2 is 2.00 bits per heavy atom. The van der Waals surface area contributed by atoms with Crippen LogP contribution in [-0.4, -0.2) is 27.6 Å². The number of benzene rings is 1. The summed E-state index contributed by atoms with van der Waals surface area (Å²) in [5, 5.41) is 13.3. The molecule has 0 radical (unpaired) electrons. The predicted octanol–water partition coefficient (Wildman–Crippen LogP) is 2.12. The van der Waals surface area contributed by atoms with Crippen LogP contribution in [0.5, 0.6) is 0 Å². The highest BCUT2D eigenvalue weighted by molar-refractivity contribution is 6.06. The first-order valence-electron chi connectivity index (χ1n) is 6.26. The number of carbonyl (C=O) groups excluding carboxylic acids is 1. The Balaban J connectivity index is 2.37. The van der Waals surface area contributed by atoms with Crippen LogP contribution in [0.4, 0.5) is 0 Å². The van der Waals surface area contributed by atoms with Gasteiger partial charge in [0.1, 0.15) is 0 Å². The highest BCUT2D eigenvalue weighted by Gasteiger charge is 2.27.